The predicted molar refractivity (Wildman–Crippen MR) is 351 cm³/mol. The molecule has 15 rings (SSSR count). The number of aryl methyl sites for hydroxylation is 1. The molecule has 0 bridgehead atoms. The number of thioether (sulfide) groups is 3. The first kappa shape index (κ1) is 58.6. The van der Waals surface area contributed by atoms with Gasteiger partial charge < -0.3 is 14.7 Å². The number of carbonyl (C=O) groups excluding carboxylic acids is 3. The Kier molecular flexibility index (Phi) is 16.3. The number of carbonyl (C=O) groups is 3. The number of hydrogen-bond acceptors (Lipinski definition) is 14. The maximum absolute atomic E-state index is 13.7. The largest absolute Gasteiger partial charge is 0.308 e. The van der Waals surface area contributed by atoms with E-state index in [4.69, 9.17) is 0 Å². The number of nitro benzene ring substituents is 1. The van der Waals surface area contributed by atoms with Gasteiger partial charge >= 0.3 is 0 Å². The molecule has 15 nitrogen and oxygen atoms in total. The average molecular weight is 1220 g/mol. The Morgan fingerprint density at radius 3 is 1.27 bits per heavy atom. The van der Waals surface area contributed by atoms with E-state index in [-0.39, 0.29) is 36.7 Å². The lowest BCUT2D eigenvalue weighted by atomic mass is 10.1. The summed E-state index contributed by atoms with van der Waals surface area (Å²) in [4.78, 5) is 53.8. The minimum absolute atomic E-state index is 0. The second-order valence-corrected chi connectivity index (χ2v) is 24.7. The van der Waals surface area contributed by atoms with Gasteiger partial charge in [0, 0.05) is 52.1 Å². The molecule has 6 aliphatic rings. The van der Waals surface area contributed by atoms with E-state index in [2.05, 4.69) is 68.8 Å². The Morgan fingerprint density at radius 1 is 0.455 bits per heavy atom. The molecule has 3 unspecified atom stereocenters. The monoisotopic (exact) mass is 1220 g/mol. The number of anilines is 3. The van der Waals surface area contributed by atoms with Crippen molar-refractivity contribution >= 4 is 90.9 Å². The second kappa shape index (κ2) is 24.5. The summed E-state index contributed by atoms with van der Waals surface area (Å²) < 4.78 is 13.3. The van der Waals surface area contributed by atoms with Crippen LogP contribution in [0.4, 0.5) is 27.1 Å². The molecule has 3 N–H and O–H groups in total. The van der Waals surface area contributed by atoms with Crippen LogP contribution in [0.2, 0.25) is 0 Å². The first-order valence-electron chi connectivity index (χ1n) is 28.0. The molecule has 3 atom stereocenters. The SMILES string of the molecule is C.Cc1ccc2c(c1)C1(NN=C(c3ccccc3)S1)C(=O)N2CCc1ccccc1.O=C1N(Cc2ccc(F)cc2)c2ccccc2C12NN=C(c1ccccc1)S2.O=C1N(Cc2ccc([N+](=O)[O-])cc2)c2ccccc2C12NN=C(c1ccccc1)S2. The third-order valence-electron chi connectivity index (χ3n) is 15.6. The van der Waals surface area contributed by atoms with E-state index in [1.54, 1.807) is 34.1 Å². The number of hydrogen-bond donors (Lipinski definition) is 3. The van der Waals surface area contributed by atoms with Crippen molar-refractivity contribution in [1.82, 2.24) is 16.3 Å². The Bertz CT molecular complexity index is 4230. The lowest BCUT2D eigenvalue weighted by Crippen LogP contribution is -2.45. The highest BCUT2D eigenvalue weighted by molar-refractivity contribution is 8.16. The maximum Gasteiger partial charge on any atom is 0.270 e. The maximum atomic E-state index is 13.7. The van der Waals surface area contributed by atoms with Gasteiger partial charge in [-0.3, -0.25) is 40.8 Å². The van der Waals surface area contributed by atoms with Gasteiger partial charge in [0.15, 0.2) is 0 Å². The van der Waals surface area contributed by atoms with Crippen LogP contribution in [0.25, 0.3) is 0 Å². The highest BCUT2D eigenvalue weighted by atomic mass is 32.2. The Balaban J connectivity index is 0.000000128. The van der Waals surface area contributed by atoms with Crippen LogP contribution < -0.4 is 31.0 Å². The predicted octanol–water partition coefficient (Wildman–Crippen LogP) is 13.3. The summed E-state index contributed by atoms with van der Waals surface area (Å²) in [5.41, 5.74) is 21.8. The summed E-state index contributed by atoms with van der Waals surface area (Å²) in [5.74, 6) is -0.421. The van der Waals surface area contributed by atoms with E-state index in [0.717, 1.165) is 88.7 Å². The van der Waals surface area contributed by atoms with E-state index in [0.29, 0.717) is 19.6 Å². The van der Waals surface area contributed by atoms with Crippen molar-refractivity contribution in [2.24, 2.45) is 15.3 Å². The molecule has 0 aromatic heterocycles. The van der Waals surface area contributed by atoms with E-state index in [9.17, 15) is 28.9 Å². The van der Waals surface area contributed by atoms with Crippen molar-refractivity contribution in [1.29, 1.82) is 0 Å². The molecule has 0 aliphatic carbocycles. The quantitative estimate of drug-likeness (QED) is 0.0829. The summed E-state index contributed by atoms with van der Waals surface area (Å²) in [6.45, 7) is 3.40. The van der Waals surface area contributed by atoms with E-state index < -0.39 is 19.5 Å². The third kappa shape index (κ3) is 10.9. The zero-order valence-corrected chi connectivity index (χ0v) is 49.1. The molecule has 88 heavy (non-hydrogen) atoms. The number of amides is 3. The number of nitrogens with zero attached hydrogens (tertiary/aromatic N) is 7. The number of non-ortho nitro benzene ring substituents is 1. The van der Waals surface area contributed by atoms with E-state index in [1.165, 1.54) is 65.1 Å². The van der Waals surface area contributed by atoms with Gasteiger partial charge in [0.1, 0.15) is 20.9 Å². The number of rotatable bonds is 11. The fourth-order valence-electron chi connectivity index (χ4n) is 11.2. The summed E-state index contributed by atoms with van der Waals surface area (Å²) in [5, 5.41) is 26.8. The lowest BCUT2D eigenvalue weighted by molar-refractivity contribution is -0.384. The van der Waals surface area contributed by atoms with Gasteiger partial charge in [0.05, 0.1) is 35.1 Å². The average Bonchev–Trinajstić information content (AvgIpc) is 1.64. The smallest absolute Gasteiger partial charge is 0.270 e. The molecule has 438 valence electrons. The summed E-state index contributed by atoms with van der Waals surface area (Å²) in [6, 6.07) is 74.0. The van der Waals surface area contributed by atoms with Crippen molar-refractivity contribution in [2.45, 2.75) is 48.5 Å². The zero-order chi connectivity index (χ0) is 59.7. The standard InChI is InChI=1S/C24H21N3OS.C22H16FN3OS.C22H16N4O3S.CH4/c1-17-12-13-21-20(16-17)24(26-25-22(29-24)19-10-6-3-7-11-19)23(28)27(21)15-14-18-8-4-2-5-9-18;23-17-12-10-15(11-13-17)14-26-19-9-5-4-8-18(19)22(21(26)27)25-24-20(28-22)16-6-2-1-3-7-16;27-21-22(24-23-20(30-22)16-6-2-1-3-7-16)18-8-4-5-9-19(18)25(21)14-15-10-12-17(13-11-15)26(28)29;/h2-13,16,26H,14-15H2,1H3;1-13,25H,14H2;1-13,24H,14H2;1H4. The topological polar surface area (TPSA) is 177 Å². The highest BCUT2D eigenvalue weighted by Crippen LogP contribution is 2.54. The van der Waals surface area contributed by atoms with Crippen LogP contribution in [0.3, 0.4) is 0 Å². The summed E-state index contributed by atoms with van der Waals surface area (Å²) >= 11 is 4.34. The summed E-state index contributed by atoms with van der Waals surface area (Å²) in [6.07, 6.45) is 0.813. The molecule has 9 aromatic carbocycles. The van der Waals surface area contributed by atoms with Crippen LogP contribution in [0.15, 0.2) is 252 Å². The Labute approximate surface area is 521 Å². The van der Waals surface area contributed by atoms with Gasteiger partial charge in [-0.25, -0.2) is 4.39 Å². The van der Waals surface area contributed by atoms with Crippen LogP contribution in [-0.2, 0) is 48.5 Å². The van der Waals surface area contributed by atoms with Gasteiger partial charge in [-0.05, 0) is 60.4 Å². The minimum Gasteiger partial charge on any atom is -0.308 e. The number of benzene rings is 9. The molecule has 19 heteroatoms. The second-order valence-electron chi connectivity index (χ2n) is 21.1. The number of para-hydroxylation sites is 2. The van der Waals surface area contributed by atoms with Gasteiger partial charge in [-0.1, -0.05) is 242 Å². The van der Waals surface area contributed by atoms with E-state index in [1.807, 2.05) is 163 Å². The molecular formula is C69H57FN10O5S3. The normalized spacial score (nSPS) is 19.7. The highest BCUT2D eigenvalue weighted by Gasteiger charge is 2.58. The fourth-order valence-corrected chi connectivity index (χ4v) is 14.8. The molecule has 9 aromatic rings. The molecular weight excluding hydrogens is 1160 g/mol. The molecule has 0 fully saturated rings. The van der Waals surface area contributed by atoms with Crippen molar-refractivity contribution in [2.75, 3.05) is 21.2 Å². The zero-order valence-electron chi connectivity index (χ0n) is 46.6. The molecule has 0 saturated heterocycles. The molecule has 0 radical (unpaired) electrons. The van der Waals surface area contributed by atoms with Gasteiger partial charge in [-0.15, -0.1) is 0 Å². The summed E-state index contributed by atoms with van der Waals surface area (Å²) in [7, 11) is 0. The fraction of sp³-hybridized carbons (Fsp3) is 0.130. The number of nitro groups is 1. The molecule has 0 saturated carbocycles. The molecule has 3 spiro atoms. The number of fused-ring (bicyclic) bond motifs is 6. The van der Waals surface area contributed by atoms with Gasteiger partial charge in [-0.2, -0.15) is 15.3 Å². The van der Waals surface area contributed by atoms with Crippen LogP contribution in [0.1, 0.15) is 63.1 Å². The Morgan fingerprint density at radius 2 is 0.830 bits per heavy atom. The Hall–Kier alpha value is -9.82. The lowest BCUT2D eigenvalue weighted by Gasteiger charge is -2.23. The van der Waals surface area contributed by atoms with Crippen LogP contribution in [-0.4, -0.2) is 44.3 Å². The van der Waals surface area contributed by atoms with E-state index >= 15 is 0 Å². The van der Waals surface area contributed by atoms with Crippen molar-refractivity contribution < 1.29 is 23.7 Å². The molecule has 6 aliphatic heterocycles. The first-order chi connectivity index (χ1) is 42.4. The van der Waals surface area contributed by atoms with Crippen molar-refractivity contribution in [3.8, 4) is 0 Å². The van der Waals surface area contributed by atoms with Crippen molar-refractivity contribution in [3.05, 3.63) is 308 Å². The van der Waals surface area contributed by atoms with Crippen LogP contribution in [0.5, 0.6) is 0 Å². The third-order valence-corrected chi connectivity index (χ3v) is 19.5. The number of nitrogens with one attached hydrogen (secondary N) is 3. The molecule has 6 heterocycles. The van der Waals surface area contributed by atoms with Crippen molar-refractivity contribution in [3.63, 3.8) is 0 Å². The molecule has 3 amide bonds. The first-order valence-corrected chi connectivity index (χ1v) is 30.4. The van der Waals surface area contributed by atoms with Gasteiger partial charge in [0.2, 0.25) is 14.6 Å². The van der Waals surface area contributed by atoms with Gasteiger partial charge in [0.25, 0.3) is 23.4 Å². The van der Waals surface area contributed by atoms with Crippen LogP contribution in [0, 0.1) is 22.9 Å². The van der Waals surface area contributed by atoms with Crippen LogP contribution >= 0.6 is 35.3 Å². The number of hydrazone groups is 3. The number of halogens is 1. The minimum atomic E-state index is -1.01.